The minimum Gasteiger partial charge on any atom is -0.284 e. The van der Waals surface area contributed by atoms with Gasteiger partial charge in [0.2, 0.25) is 0 Å². The summed E-state index contributed by atoms with van der Waals surface area (Å²) in [6.45, 7) is 0. The van der Waals surface area contributed by atoms with Crippen LogP contribution in [0.4, 0.5) is 0 Å². The van der Waals surface area contributed by atoms with Gasteiger partial charge in [-0.25, -0.2) is 0 Å². The Labute approximate surface area is 79.7 Å². The van der Waals surface area contributed by atoms with Crippen molar-refractivity contribution in [3.63, 3.8) is 0 Å². The largest absolute Gasteiger partial charge is 0.339 e. The van der Waals surface area contributed by atoms with Crippen LogP contribution in [-0.2, 0) is 6.42 Å². The van der Waals surface area contributed by atoms with Crippen molar-refractivity contribution in [1.82, 2.24) is 0 Å². The van der Waals surface area contributed by atoms with Gasteiger partial charge in [-0.15, -0.1) is 0 Å². The third kappa shape index (κ3) is 0.958. The Balaban J connectivity index is 2.54. The van der Waals surface area contributed by atoms with Crippen molar-refractivity contribution >= 4 is 5.78 Å². The van der Waals surface area contributed by atoms with Crippen LogP contribution in [0, 0.1) is 10.1 Å². The molecule has 1 atom stereocenters. The van der Waals surface area contributed by atoms with E-state index >= 15 is 0 Å². The van der Waals surface area contributed by atoms with Gasteiger partial charge in [-0.3, -0.25) is 20.6 Å². The summed E-state index contributed by atoms with van der Waals surface area (Å²) in [5, 5.41) is 10.7. The molecular weight excluding hydrogens is 184 g/mol. The SMILES string of the molecule is NC1([N+](=O)[O-])Cc2ccccc2C1=O. The summed E-state index contributed by atoms with van der Waals surface area (Å²) in [4.78, 5) is 21.5. The van der Waals surface area contributed by atoms with E-state index in [0.717, 1.165) is 0 Å². The number of nitrogens with zero attached hydrogens (tertiary/aromatic N) is 1. The zero-order valence-electron chi connectivity index (χ0n) is 7.27. The first-order valence-electron chi connectivity index (χ1n) is 4.12. The first-order chi connectivity index (χ1) is 6.55. The van der Waals surface area contributed by atoms with E-state index in [2.05, 4.69) is 0 Å². The predicted molar refractivity (Wildman–Crippen MR) is 48.4 cm³/mol. The van der Waals surface area contributed by atoms with E-state index in [4.69, 9.17) is 5.73 Å². The maximum absolute atomic E-state index is 11.6. The molecule has 2 rings (SSSR count). The van der Waals surface area contributed by atoms with Crippen molar-refractivity contribution in [3.05, 3.63) is 45.5 Å². The molecule has 1 aliphatic carbocycles. The van der Waals surface area contributed by atoms with Crippen LogP contribution < -0.4 is 5.73 Å². The van der Waals surface area contributed by atoms with Crippen LogP contribution in [0.1, 0.15) is 15.9 Å². The number of nitro groups is 1. The number of fused-ring (bicyclic) bond motifs is 1. The quantitative estimate of drug-likeness (QED) is 0.395. The van der Waals surface area contributed by atoms with Crippen molar-refractivity contribution in [2.24, 2.45) is 5.73 Å². The predicted octanol–water partition coefficient (Wildman–Crippen LogP) is 0.357. The lowest BCUT2D eigenvalue weighted by molar-refractivity contribution is -0.547. The molecule has 1 unspecified atom stereocenters. The zero-order chi connectivity index (χ0) is 10.3. The van der Waals surface area contributed by atoms with Crippen LogP contribution in [0.2, 0.25) is 0 Å². The summed E-state index contributed by atoms with van der Waals surface area (Å²) in [5.41, 5.74) is 4.51. The van der Waals surface area contributed by atoms with Crippen molar-refractivity contribution in [1.29, 1.82) is 0 Å². The molecule has 2 N–H and O–H groups in total. The van der Waals surface area contributed by atoms with Gasteiger partial charge in [-0.2, -0.15) is 0 Å². The molecule has 0 saturated heterocycles. The summed E-state index contributed by atoms with van der Waals surface area (Å²) in [5.74, 6) is -0.599. The van der Waals surface area contributed by atoms with E-state index in [1.807, 2.05) is 0 Å². The smallest absolute Gasteiger partial charge is 0.284 e. The lowest BCUT2D eigenvalue weighted by atomic mass is 10.1. The van der Waals surface area contributed by atoms with Gasteiger partial charge in [0.05, 0.1) is 11.3 Å². The zero-order valence-corrected chi connectivity index (χ0v) is 7.27. The molecule has 0 amide bonds. The van der Waals surface area contributed by atoms with Crippen LogP contribution in [0.3, 0.4) is 0 Å². The second-order valence-corrected chi connectivity index (χ2v) is 3.34. The second kappa shape index (κ2) is 2.62. The molecule has 1 aromatic carbocycles. The molecule has 1 aliphatic rings. The van der Waals surface area contributed by atoms with E-state index in [0.29, 0.717) is 11.1 Å². The molecule has 5 heteroatoms. The Hall–Kier alpha value is -1.75. The van der Waals surface area contributed by atoms with E-state index in [-0.39, 0.29) is 6.42 Å². The summed E-state index contributed by atoms with van der Waals surface area (Å²) in [7, 11) is 0. The van der Waals surface area contributed by atoms with Gasteiger partial charge in [-0.05, 0) is 5.56 Å². The van der Waals surface area contributed by atoms with Crippen LogP contribution in [0.25, 0.3) is 0 Å². The minimum atomic E-state index is -1.95. The van der Waals surface area contributed by atoms with Gasteiger partial charge in [0.25, 0.3) is 5.78 Å². The van der Waals surface area contributed by atoms with Crippen LogP contribution in [-0.4, -0.2) is 16.4 Å². The first kappa shape index (κ1) is 8.83. The number of hydrogen-bond donors (Lipinski definition) is 1. The molecular formula is C9H8N2O3. The molecule has 72 valence electrons. The Bertz CT molecular complexity index is 430. The highest BCUT2D eigenvalue weighted by atomic mass is 16.6. The highest BCUT2D eigenvalue weighted by Crippen LogP contribution is 2.28. The summed E-state index contributed by atoms with van der Waals surface area (Å²) < 4.78 is 0. The van der Waals surface area contributed by atoms with Crippen molar-refractivity contribution in [2.45, 2.75) is 12.1 Å². The van der Waals surface area contributed by atoms with Gasteiger partial charge in [0.15, 0.2) is 0 Å². The molecule has 0 spiro atoms. The van der Waals surface area contributed by atoms with Gasteiger partial charge in [0, 0.05) is 5.56 Å². The lowest BCUT2D eigenvalue weighted by Gasteiger charge is -2.10. The number of rotatable bonds is 1. The fourth-order valence-corrected chi connectivity index (χ4v) is 1.65. The maximum atomic E-state index is 11.6. The lowest BCUT2D eigenvalue weighted by Crippen LogP contribution is -2.53. The molecule has 0 aliphatic heterocycles. The molecule has 5 nitrogen and oxygen atoms in total. The highest BCUT2D eigenvalue weighted by molar-refractivity contribution is 6.06. The van der Waals surface area contributed by atoms with E-state index in [1.54, 1.807) is 24.3 Å². The van der Waals surface area contributed by atoms with Crippen molar-refractivity contribution in [2.75, 3.05) is 0 Å². The Morgan fingerprint density at radius 1 is 1.43 bits per heavy atom. The highest BCUT2D eigenvalue weighted by Gasteiger charge is 2.53. The van der Waals surface area contributed by atoms with Gasteiger partial charge in [0.1, 0.15) is 0 Å². The molecule has 0 bridgehead atoms. The number of carbonyl (C=O) groups is 1. The molecule has 1 aromatic rings. The van der Waals surface area contributed by atoms with Crippen LogP contribution in [0.5, 0.6) is 0 Å². The molecule has 0 heterocycles. The third-order valence-electron chi connectivity index (χ3n) is 2.44. The molecule has 14 heavy (non-hydrogen) atoms. The van der Waals surface area contributed by atoms with Gasteiger partial charge < -0.3 is 0 Å². The molecule has 0 fully saturated rings. The van der Waals surface area contributed by atoms with Gasteiger partial charge >= 0.3 is 5.66 Å². The minimum absolute atomic E-state index is 0.0188. The summed E-state index contributed by atoms with van der Waals surface area (Å²) in [6, 6.07) is 6.65. The fourth-order valence-electron chi connectivity index (χ4n) is 1.65. The van der Waals surface area contributed by atoms with E-state index in [1.165, 1.54) is 0 Å². The average molecular weight is 192 g/mol. The van der Waals surface area contributed by atoms with E-state index < -0.39 is 16.4 Å². The summed E-state index contributed by atoms with van der Waals surface area (Å²) >= 11 is 0. The number of benzene rings is 1. The molecule has 0 radical (unpaired) electrons. The number of carbonyl (C=O) groups excluding carboxylic acids is 1. The first-order valence-corrected chi connectivity index (χ1v) is 4.12. The van der Waals surface area contributed by atoms with Gasteiger partial charge in [-0.1, -0.05) is 24.3 Å². The number of ketones is 1. The molecule has 0 saturated carbocycles. The Morgan fingerprint density at radius 2 is 2.07 bits per heavy atom. The number of nitrogens with two attached hydrogens (primary N) is 1. The standard InChI is InChI=1S/C9H8N2O3/c10-9(11(13)14)5-6-3-1-2-4-7(6)8(9)12/h1-4H,5,10H2. The van der Waals surface area contributed by atoms with Crippen molar-refractivity contribution < 1.29 is 9.72 Å². The number of Topliss-reactive ketones (excluding diaryl/α,β-unsaturated/α-hetero) is 1. The van der Waals surface area contributed by atoms with E-state index in [9.17, 15) is 14.9 Å². The van der Waals surface area contributed by atoms with Crippen LogP contribution in [0.15, 0.2) is 24.3 Å². The Morgan fingerprint density at radius 3 is 2.64 bits per heavy atom. The normalized spacial score (nSPS) is 24.8. The van der Waals surface area contributed by atoms with Crippen molar-refractivity contribution in [3.8, 4) is 0 Å². The maximum Gasteiger partial charge on any atom is 0.339 e. The molecule has 0 aromatic heterocycles. The second-order valence-electron chi connectivity index (χ2n) is 3.34. The third-order valence-corrected chi connectivity index (χ3v) is 2.44. The van der Waals surface area contributed by atoms with Crippen LogP contribution >= 0.6 is 0 Å². The average Bonchev–Trinajstić information content (AvgIpc) is 2.42. The fraction of sp³-hybridized carbons (Fsp3) is 0.222. The number of hydrogen-bond acceptors (Lipinski definition) is 4. The topological polar surface area (TPSA) is 86.2 Å². The Kier molecular flexibility index (Phi) is 1.65. The summed E-state index contributed by atoms with van der Waals surface area (Å²) in [6.07, 6.45) is -0.0188. The monoisotopic (exact) mass is 192 g/mol.